The molecule has 0 aromatic carbocycles. The van der Waals surface area contributed by atoms with Crippen LogP contribution in [0.25, 0.3) is 0 Å². The molecule has 250 valence electrons. The third-order valence-corrected chi connectivity index (χ3v) is 8.71. The molecule has 3 aromatic heterocycles. The summed E-state index contributed by atoms with van der Waals surface area (Å²) in [6.07, 6.45) is 1.05. The van der Waals surface area contributed by atoms with E-state index in [1.807, 2.05) is 55.6 Å². The van der Waals surface area contributed by atoms with Crippen molar-refractivity contribution < 1.29 is 9.53 Å². The first-order valence-corrected chi connectivity index (χ1v) is 15.8. The van der Waals surface area contributed by atoms with Gasteiger partial charge in [0.1, 0.15) is 8.95 Å². The molecule has 2 unspecified atom stereocenters. The first kappa shape index (κ1) is 39.5. The van der Waals surface area contributed by atoms with E-state index in [2.05, 4.69) is 51.8 Å². The van der Waals surface area contributed by atoms with Gasteiger partial charge in [0.25, 0.3) is 11.1 Å². The van der Waals surface area contributed by atoms with Crippen LogP contribution in [-0.2, 0) is 0 Å². The Morgan fingerprint density at radius 1 is 0.800 bits per heavy atom. The van der Waals surface area contributed by atoms with E-state index in [-0.39, 0.29) is 34.6 Å². The Morgan fingerprint density at radius 2 is 1.20 bits per heavy atom. The van der Waals surface area contributed by atoms with Gasteiger partial charge in [0.05, 0.1) is 0 Å². The first-order chi connectivity index (χ1) is 20.8. The lowest BCUT2D eigenvalue weighted by Gasteiger charge is -2.16. The number of nitrogens with zero attached hydrogens (tertiary/aromatic N) is 6. The van der Waals surface area contributed by atoms with Gasteiger partial charge < -0.3 is 24.5 Å². The molecule has 2 atom stereocenters. The highest BCUT2D eigenvalue weighted by atomic mass is 79.9. The number of rotatable bonds is 6. The number of hydrogen-bond acceptors (Lipinski definition) is 9. The van der Waals surface area contributed by atoms with Crippen LogP contribution >= 0.6 is 31.9 Å². The minimum Gasteiger partial charge on any atom is -0.391 e. The summed E-state index contributed by atoms with van der Waals surface area (Å²) in [5.74, 6) is 0.828. The molecule has 3 rings (SSSR count). The monoisotopic (exact) mass is 758 g/mol. The fourth-order valence-corrected chi connectivity index (χ4v) is 4.08. The molecule has 2 N–H and O–H groups in total. The van der Waals surface area contributed by atoms with Crippen LogP contribution in [0.5, 0.6) is 5.88 Å². The fourth-order valence-electron chi connectivity index (χ4n) is 3.50. The zero-order valence-corrected chi connectivity index (χ0v) is 31.1. The number of hydrogen-bond donors (Lipinski definition) is 2. The van der Waals surface area contributed by atoms with Crippen molar-refractivity contribution in [2.45, 2.75) is 80.3 Å². The molecule has 1 amide bonds. The summed E-state index contributed by atoms with van der Waals surface area (Å²) in [4.78, 5) is 74.8. The molecule has 0 saturated carbocycles. The van der Waals surface area contributed by atoms with Crippen LogP contribution in [0.2, 0.25) is 0 Å². The number of aromatic nitrogens is 6. The molecule has 3 aromatic rings. The Morgan fingerprint density at radius 3 is 1.53 bits per heavy atom. The number of H-pyrrole nitrogens is 2. The largest absolute Gasteiger partial charge is 0.416 e. The maximum Gasteiger partial charge on any atom is 0.416 e. The van der Waals surface area contributed by atoms with Crippen molar-refractivity contribution in [3.05, 3.63) is 73.3 Å². The van der Waals surface area contributed by atoms with Gasteiger partial charge in [0.2, 0.25) is 11.8 Å². The van der Waals surface area contributed by atoms with Gasteiger partial charge in [-0.2, -0.15) is 4.98 Å². The molecule has 45 heavy (non-hydrogen) atoms. The summed E-state index contributed by atoms with van der Waals surface area (Å²) in [6, 6.07) is -0.161. The second-order valence-corrected chi connectivity index (χ2v) is 12.4. The van der Waals surface area contributed by atoms with Crippen LogP contribution in [0.4, 0.5) is 10.7 Å². The number of ether oxygens (including phenoxy) is 1. The number of aryl methyl sites for hydroxylation is 3. The lowest BCUT2D eigenvalue weighted by Crippen LogP contribution is -2.38. The highest BCUT2D eigenvalue weighted by molar-refractivity contribution is 9.10. The normalized spacial score (nSPS) is 11.8. The predicted molar refractivity (Wildman–Crippen MR) is 183 cm³/mol. The Labute approximate surface area is 279 Å². The Bertz CT molecular complexity index is 1640. The van der Waals surface area contributed by atoms with Crippen molar-refractivity contribution in [1.82, 2.24) is 34.0 Å². The van der Waals surface area contributed by atoms with Crippen LogP contribution in [0.1, 0.15) is 75.3 Å². The van der Waals surface area contributed by atoms with Crippen LogP contribution in [0.3, 0.4) is 0 Å². The van der Waals surface area contributed by atoms with E-state index in [4.69, 9.17) is 4.74 Å². The van der Waals surface area contributed by atoms with Crippen LogP contribution < -0.4 is 32.1 Å². The second-order valence-electron chi connectivity index (χ2n) is 10.8. The number of halogens is 2. The summed E-state index contributed by atoms with van der Waals surface area (Å²) in [5, 5.41) is 0. The smallest absolute Gasteiger partial charge is 0.391 e. The SMILES string of the molecule is CCC(C)n1c(=O)[nH]c(C)c(Br)c1=O.CCC(C)n1c(=O)[nH]c(C)c(Br)c1=O.Cc1nc(N(C)C)nc(OC(=O)N(C)C)c1C. The van der Waals surface area contributed by atoms with E-state index >= 15 is 0 Å². The highest BCUT2D eigenvalue weighted by Crippen LogP contribution is 2.21. The number of anilines is 1. The van der Waals surface area contributed by atoms with Crippen LogP contribution in [-0.4, -0.2) is 68.3 Å². The maximum atomic E-state index is 11.7. The fraction of sp³-hybridized carbons (Fsp3) is 0.552. The minimum absolute atomic E-state index is 0.0804. The molecule has 14 nitrogen and oxygen atoms in total. The van der Waals surface area contributed by atoms with Crippen molar-refractivity contribution >= 4 is 43.9 Å². The Hall–Kier alpha value is -3.53. The molecule has 0 spiro atoms. The molecule has 0 bridgehead atoms. The third kappa shape index (κ3) is 10.2. The van der Waals surface area contributed by atoms with E-state index in [1.165, 1.54) is 14.0 Å². The molecule has 3 heterocycles. The molecular formula is C29H44Br2N8O6. The number of aromatic amines is 2. The zero-order valence-electron chi connectivity index (χ0n) is 28.0. The van der Waals surface area contributed by atoms with Crippen molar-refractivity contribution in [3.8, 4) is 5.88 Å². The summed E-state index contributed by atoms with van der Waals surface area (Å²) < 4.78 is 8.51. The number of carbonyl (C=O) groups excluding carboxylic acids is 1. The zero-order chi connectivity index (χ0) is 34.9. The predicted octanol–water partition coefficient (Wildman–Crippen LogP) is 4.38. The van der Waals surface area contributed by atoms with Gasteiger partial charge in [-0.3, -0.25) is 18.7 Å². The lowest BCUT2D eigenvalue weighted by molar-refractivity contribution is 0.169. The molecule has 0 aliphatic rings. The quantitative estimate of drug-likeness (QED) is 0.371. The standard InChI is InChI=1S/C11H18N4O2.2C9H13BrN2O2/c1-7-8(2)12-10(14(3)4)13-9(7)17-11(16)15(5)6;2*1-4-5(2)12-8(13)7(10)6(3)11-9(12)14/h1-6H3;2*5H,4H2,1-3H3,(H,11,14). The van der Waals surface area contributed by atoms with Gasteiger partial charge in [-0.05, 0) is 86.2 Å². The molecule has 0 aliphatic carbocycles. The molecule has 0 saturated heterocycles. The van der Waals surface area contributed by atoms with Gasteiger partial charge in [-0.1, -0.05) is 13.8 Å². The molecule has 16 heteroatoms. The average Bonchev–Trinajstić information content (AvgIpc) is 2.97. The van der Waals surface area contributed by atoms with E-state index in [0.29, 0.717) is 32.2 Å². The van der Waals surface area contributed by atoms with Crippen molar-refractivity contribution in [3.63, 3.8) is 0 Å². The molecular weight excluding hydrogens is 716 g/mol. The average molecular weight is 761 g/mol. The number of nitrogens with one attached hydrogen (secondary N) is 2. The Balaban J connectivity index is 0.000000340. The number of carbonyl (C=O) groups is 1. The molecule has 0 fully saturated rings. The Kier molecular flexibility index (Phi) is 15.1. The summed E-state index contributed by atoms with van der Waals surface area (Å²) in [7, 11) is 6.92. The van der Waals surface area contributed by atoms with Gasteiger partial charge >= 0.3 is 17.5 Å². The van der Waals surface area contributed by atoms with E-state index in [9.17, 15) is 24.0 Å². The summed E-state index contributed by atoms with van der Waals surface area (Å²) in [6.45, 7) is 14.6. The summed E-state index contributed by atoms with van der Waals surface area (Å²) in [5.41, 5.74) is 1.49. The van der Waals surface area contributed by atoms with Crippen LogP contribution in [0.15, 0.2) is 28.1 Å². The molecule has 0 aliphatic heterocycles. The van der Waals surface area contributed by atoms with Crippen molar-refractivity contribution in [1.29, 1.82) is 0 Å². The van der Waals surface area contributed by atoms with E-state index in [1.54, 1.807) is 32.8 Å². The maximum absolute atomic E-state index is 11.7. The summed E-state index contributed by atoms with van der Waals surface area (Å²) >= 11 is 6.32. The topological polar surface area (TPSA) is 168 Å². The minimum atomic E-state index is -0.448. The van der Waals surface area contributed by atoms with E-state index < -0.39 is 6.09 Å². The van der Waals surface area contributed by atoms with E-state index in [0.717, 1.165) is 24.1 Å². The van der Waals surface area contributed by atoms with Crippen molar-refractivity contribution in [2.75, 3.05) is 33.1 Å². The third-order valence-electron chi connectivity index (χ3n) is 6.84. The molecule has 0 radical (unpaired) electrons. The van der Waals surface area contributed by atoms with Gasteiger partial charge in [0, 0.05) is 62.9 Å². The highest BCUT2D eigenvalue weighted by Gasteiger charge is 2.16. The number of amides is 1. The first-order valence-electron chi connectivity index (χ1n) is 14.2. The van der Waals surface area contributed by atoms with Gasteiger partial charge in [-0.15, -0.1) is 0 Å². The second kappa shape index (κ2) is 17.2. The van der Waals surface area contributed by atoms with Gasteiger partial charge in [-0.25, -0.2) is 19.4 Å². The van der Waals surface area contributed by atoms with Crippen molar-refractivity contribution in [2.24, 2.45) is 0 Å². The van der Waals surface area contributed by atoms with Crippen LogP contribution in [0, 0.1) is 27.7 Å². The lowest BCUT2D eigenvalue weighted by atomic mass is 10.2. The van der Waals surface area contributed by atoms with Gasteiger partial charge in [0.15, 0.2) is 0 Å².